The van der Waals surface area contributed by atoms with Crippen LogP contribution in [0.2, 0.25) is 0 Å². The highest BCUT2D eigenvalue weighted by Gasteiger charge is 2.30. The summed E-state index contributed by atoms with van der Waals surface area (Å²) in [4.78, 5) is 16.0. The first-order chi connectivity index (χ1) is 12.2. The molecular formula is C17H23N5O2S. The molecule has 8 heteroatoms. The van der Waals surface area contributed by atoms with E-state index in [1.54, 1.807) is 11.3 Å². The van der Waals surface area contributed by atoms with Crippen LogP contribution in [-0.2, 0) is 4.74 Å². The molecule has 4 heterocycles. The number of ether oxygens (including phenoxy) is 1. The number of thiophene rings is 1. The van der Waals surface area contributed by atoms with Crippen molar-refractivity contribution in [2.45, 2.75) is 31.9 Å². The van der Waals surface area contributed by atoms with E-state index < -0.39 is 0 Å². The van der Waals surface area contributed by atoms with E-state index in [9.17, 15) is 4.79 Å². The molecule has 4 rings (SSSR count). The predicted octanol–water partition coefficient (Wildman–Crippen LogP) is 1.79. The summed E-state index contributed by atoms with van der Waals surface area (Å²) in [5.41, 5.74) is 1.35. The minimum atomic E-state index is -0.0440. The Morgan fingerprint density at radius 2 is 2.24 bits per heavy atom. The summed E-state index contributed by atoms with van der Waals surface area (Å²) < 4.78 is 7.77. The average Bonchev–Trinajstić information content (AvgIpc) is 3.32. The molecule has 2 fully saturated rings. The molecule has 1 N–H and O–H groups in total. The second-order valence-corrected chi connectivity index (χ2v) is 7.55. The van der Waals surface area contributed by atoms with Crippen molar-refractivity contribution >= 4 is 17.2 Å². The van der Waals surface area contributed by atoms with Crippen molar-refractivity contribution in [3.8, 4) is 0 Å². The first-order valence-electron chi connectivity index (χ1n) is 8.81. The second-order valence-electron chi connectivity index (χ2n) is 6.58. The van der Waals surface area contributed by atoms with E-state index >= 15 is 0 Å². The molecule has 0 saturated carbocycles. The van der Waals surface area contributed by atoms with Gasteiger partial charge in [0, 0.05) is 11.4 Å². The van der Waals surface area contributed by atoms with Crippen molar-refractivity contribution in [3.05, 3.63) is 33.8 Å². The average molecular weight is 361 g/mol. The molecule has 25 heavy (non-hydrogen) atoms. The Morgan fingerprint density at radius 1 is 1.40 bits per heavy atom. The molecule has 7 nitrogen and oxygen atoms in total. The van der Waals surface area contributed by atoms with E-state index in [0.717, 1.165) is 36.5 Å². The predicted molar refractivity (Wildman–Crippen MR) is 94.8 cm³/mol. The topological polar surface area (TPSA) is 72.3 Å². The highest BCUT2D eigenvalue weighted by molar-refractivity contribution is 7.10. The van der Waals surface area contributed by atoms with Crippen molar-refractivity contribution in [1.29, 1.82) is 0 Å². The second kappa shape index (κ2) is 7.23. The van der Waals surface area contributed by atoms with E-state index in [2.05, 4.69) is 21.7 Å². The molecule has 1 atom stereocenters. The summed E-state index contributed by atoms with van der Waals surface area (Å²) in [5, 5.41) is 13.9. The van der Waals surface area contributed by atoms with Gasteiger partial charge in [-0.1, -0.05) is 11.3 Å². The number of nitrogens with zero attached hydrogens (tertiary/aromatic N) is 4. The molecule has 0 aliphatic carbocycles. The van der Waals surface area contributed by atoms with Gasteiger partial charge in [-0.25, -0.2) is 4.68 Å². The third kappa shape index (κ3) is 3.33. The van der Waals surface area contributed by atoms with Crippen LogP contribution in [0.5, 0.6) is 0 Å². The molecule has 1 unspecified atom stereocenters. The lowest BCUT2D eigenvalue weighted by Gasteiger charge is -2.32. The molecule has 0 bridgehead atoms. The molecule has 2 aliphatic rings. The van der Waals surface area contributed by atoms with Gasteiger partial charge < -0.3 is 15.0 Å². The Bertz CT molecular complexity index is 723. The van der Waals surface area contributed by atoms with Gasteiger partial charge in [-0.2, -0.15) is 0 Å². The molecular weight excluding hydrogens is 338 g/mol. The van der Waals surface area contributed by atoms with Crippen molar-refractivity contribution in [2.24, 2.45) is 0 Å². The van der Waals surface area contributed by atoms with Gasteiger partial charge in [0.05, 0.1) is 24.9 Å². The van der Waals surface area contributed by atoms with Crippen LogP contribution in [0, 0.1) is 6.92 Å². The van der Waals surface area contributed by atoms with Crippen molar-refractivity contribution < 1.29 is 9.53 Å². The van der Waals surface area contributed by atoms with Crippen LogP contribution in [0.4, 0.5) is 0 Å². The molecule has 0 radical (unpaired) electrons. The number of carbonyl (C=O) groups is 1. The Kier molecular flexibility index (Phi) is 4.82. The van der Waals surface area contributed by atoms with E-state index in [1.807, 2.05) is 28.0 Å². The van der Waals surface area contributed by atoms with E-state index in [4.69, 9.17) is 4.74 Å². The Balaban J connectivity index is 1.49. The van der Waals surface area contributed by atoms with E-state index in [1.165, 1.54) is 0 Å². The van der Waals surface area contributed by atoms with E-state index in [0.29, 0.717) is 31.4 Å². The van der Waals surface area contributed by atoms with Gasteiger partial charge in [-0.15, -0.1) is 16.4 Å². The minimum Gasteiger partial charge on any atom is -0.369 e. The number of hydrogen-bond donors (Lipinski definition) is 1. The number of rotatable bonds is 3. The van der Waals surface area contributed by atoms with Gasteiger partial charge in [0.1, 0.15) is 6.10 Å². The fraction of sp³-hybridized carbons (Fsp3) is 0.588. The Hall–Kier alpha value is -1.77. The smallest absolute Gasteiger partial charge is 0.276 e. The van der Waals surface area contributed by atoms with Gasteiger partial charge in [0.2, 0.25) is 0 Å². The van der Waals surface area contributed by atoms with Gasteiger partial charge in [0.15, 0.2) is 5.69 Å². The lowest BCUT2D eigenvalue weighted by Crippen LogP contribution is -2.42. The fourth-order valence-electron chi connectivity index (χ4n) is 3.57. The third-order valence-electron chi connectivity index (χ3n) is 5.00. The largest absolute Gasteiger partial charge is 0.369 e. The highest BCUT2D eigenvalue weighted by atomic mass is 32.1. The highest BCUT2D eigenvalue weighted by Crippen LogP contribution is 2.27. The van der Waals surface area contributed by atoms with Crippen LogP contribution in [0.1, 0.15) is 46.0 Å². The zero-order chi connectivity index (χ0) is 17.2. The summed E-state index contributed by atoms with van der Waals surface area (Å²) in [6.07, 6.45) is 2.00. The molecule has 2 aromatic rings. The van der Waals surface area contributed by atoms with Gasteiger partial charge in [-0.3, -0.25) is 4.79 Å². The zero-order valence-electron chi connectivity index (χ0n) is 14.4. The maximum Gasteiger partial charge on any atom is 0.276 e. The molecule has 0 spiro atoms. The summed E-state index contributed by atoms with van der Waals surface area (Å²) in [7, 11) is 0. The van der Waals surface area contributed by atoms with Gasteiger partial charge >= 0.3 is 0 Å². The summed E-state index contributed by atoms with van der Waals surface area (Å²) in [5.74, 6) is -0.0393. The van der Waals surface area contributed by atoms with E-state index in [-0.39, 0.29) is 12.0 Å². The van der Waals surface area contributed by atoms with Crippen LogP contribution in [-0.4, -0.2) is 58.6 Å². The monoisotopic (exact) mass is 361 g/mol. The third-order valence-corrected chi connectivity index (χ3v) is 5.96. The van der Waals surface area contributed by atoms with Crippen molar-refractivity contribution in [2.75, 3.05) is 32.8 Å². The standard InChI is InChI=1S/C17H23N5O2S/c1-12-16(19-20-22(12)13-4-6-18-7-5-13)17(23)21-8-9-24-14(11-21)15-3-2-10-25-15/h2-3,10,13-14,18H,4-9,11H2,1H3. The van der Waals surface area contributed by atoms with Crippen LogP contribution in [0.15, 0.2) is 17.5 Å². The number of hydrogen-bond acceptors (Lipinski definition) is 6. The normalized spacial score (nSPS) is 22.3. The Labute approximate surface area is 151 Å². The molecule has 2 aromatic heterocycles. The van der Waals surface area contributed by atoms with Gasteiger partial charge in [0.25, 0.3) is 5.91 Å². The quantitative estimate of drug-likeness (QED) is 0.902. The van der Waals surface area contributed by atoms with Gasteiger partial charge in [-0.05, 0) is 44.3 Å². The first kappa shape index (κ1) is 16.7. The molecule has 2 aliphatic heterocycles. The van der Waals surface area contributed by atoms with Crippen molar-refractivity contribution in [3.63, 3.8) is 0 Å². The minimum absolute atomic E-state index is 0.0393. The molecule has 0 aromatic carbocycles. The number of amides is 1. The zero-order valence-corrected chi connectivity index (χ0v) is 15.2. The van der Waals surface area contributed by atoms with Crippen LogP contribution < -0.4 is 5.32 Å². The fourth-order valence-corrected chi connectivity index (χ4v) is 4.33. The molecule has 134 valence electrons. The summed E-state index contributed by atoms with van der Waals surface area (Å²) in [6, 6.07) is 4.40. The SMILES string of the molecule is Cc1c(C(=O)N2CCOC(c3cccs3)C2)nnn1C1CCNCC1. The maximum atomic E-state index is 13.0. The lowest BCUT2D eigenvalue weighted by atomic mass is 10.1. The van der Waals surface area contributed by atoms with Crippen LogP contribution >= 0.6 is 11.3 Å². The van der Waals surface area contributed by atoms with Crippen LogP contribution in [0.3, 0.4) is 0 Å². The summed E-state index contributed by atoms with van der Waals surface area (Å²) in [6.45, 7) is 5.64. The summed E-state index contributed by atoms with van der Waals surface area (Å²) >= 11 is 1.66. The molecule has 2 saturated heterocycles. The number of piperidine rings is 1. The number of nitrogens with one attached hydrogen (secondary N) is 1. The Morgan fingerprint density at radius 3 is 3.00 bits per heavy atom. The van der Waals surface area contributed by atoms with Crippen molar-refractivity contribution in [1.82, 2.24) is 25.2 Å². The first-order valence-corrected chi connectivity index (χ1v) is 9.69. The lowest BCUT2D eigenvalue weighted by molar-refractivity contribution is -0.0214. The number of carbonyl (C=O) groups excluding carboxylic acids is 1. The number of aromatic nitrogens is 3. The molecule has 1 amide bonds. The number of morpholine rings is 1. The van der Waals surface area contributed by atoms with Crippen LogP contribution in [0.25, 0.3) is 0 Å². The maximum absolute atomic E-state index is 13.0.